The SMILES string of the molecule is CCn1cc(NC2CCCC(C)(C)C2)ccc1=O. The molecule has 1 heterocycles. The van der Waals surface area contributed by atoms with Crippen LogP contribution in [0.5, 0.6) is 0 Å². The standard InChI is InChI=1S/C15H24N2O/c1-4-17-11-13(7-8-14(17)18)16-12-6-5-9-15(2,3)10-12/h7-8,11-12,16H,4-6,9-10H2,1-3H3. The molecule has 0 saturated heterocycles. The molecule has 1 unspecified atom stereocenters. The van der Waals surface area contributed by atoms with Gasteiger partial charge in [-0.3, -0.25) is 4.79 Å². The normalized spacial score (nSPS) is 22.7. The van der Waals surface area contributed by atoms with Crippen molar-refractivity contribution in [2.24, 2.45) is 5.41 Å². The molecule has 0 aromatic carbocycles. The van der Waals surface area contributed by atoms with Crippen LogP contribution in [0.15, 0.2) is 23.1 Å². The van der Waals surface area contributed by atoms with Crippen LogP contribution < -0.4 is 10.9 Å². The van der Waals surface area contributed by atoms with Crippen molar-refractivity contribution < 1.29 is 0 Å². The zero-order valence-corrected chi connectivity index (χ0v) is 11.7. The van der Waals surface area contributed by atoms with Crippen LogP contribution in [-0.4, -0.2) is 10.6 Å². The predicted molar refractivity (Wildman–Crippen MR) is 76.0 cm³/mol. The van der Waals surface area contributed by atoms with Gasteiger partial charge in [-0.15, -0.1) is 0 Å². The Kier molecular flexibility index (Phi) is 3.79. The van der Waals surface area contributed by atoms with Crippen LogP contribution in [0.25, 0.3) is 0 Å². The average Bonchev–Trinajstić information content (AvgIpc) is 2.30. The van der Waals surface area contributed by atoms with E-state index in [0.29, 0.717) is 11.5 Å². The van der Waals surface area contributed by atoms with Gasteiger partial charge in [0.05, 0.1) is 5.69 Å². The van der Waals surface area contributed by atoms with Crippen LogP contribution in [0, 0.1) is 5.41 Å². The Morgan fingerprint density at radius 1 is 1.44 bits per heavy atom. The van der Waals surface area contributed by atoms with Gasteiger partial charge in [-0.25, -0.2) is 0 Å². The Morgan fingerprint density at radius 3 is 2.89 bits per heavy atom. The first kappa shape index (κ1) is 13.2. The van der Waals surface area contributed by atoms with Crippen molar-refractivity contribution in [1.82, 2.24) is 4.57 Å². The van der Waals surface area contributed by atoms with Crippen molar-refractivity contribution in [1.29, 1.82) is 0 Å². The number of nitrogens with one attached hydrogen (secondary N) is 1. The zero-order valence-electron chi connectivity index (χ0n) is 11.7. The van der Waals surface area contributed by atoms with Gasteiger partial charge in [-0.05, 0) is 37.7 Å². The van der Waals surface area contributed by atoms with Gasteiger partial charge in [0.2, 0.25) is 0 Å². The largest absolute Gasteiger partial charge is 0.381 e. The molecule has 1 aromatic rings. The van der Waals surface area contributed by atoms with Crippen LogP contribution >= 0.6 is 0 Å². The Bertz CT molecular complexity index is 462. The predicted octanol–water partition coefficient (Wildman–Crippen LogP) is 3.25. The number of nitrogens with zero attached hydrogens (tertiary/aromatic N) is 1. The second-order valence-corrected chi connectivity index (χ2v) is 6.14. The fourth-order valence-corrected chi connectivity index (χ4v) is 2.92. The van der Waals surface area contributed by atoms with E-state index in [2.05, 4.69) is 19.2 Å². The number of anilines is 1. The number of hydrogen-bond donors (Lipinski definition) is 1. The van der Waals surface area contributed by atoms with E-state index in [1.807, 2.05) is 19.2 Å². The monoisotopic (exact) mass is 248 g/mol. The molecule has 1 saturated carbocycles. The summed E-state index contributed by atoms with van der Waals surface area (Å²) in [5.41, 5.74) is 1.58. The van der Waals surface area contributed by atoms with E-state index in [9.17, 15) is 4.79 Å². The molecule has 0 aliphatic heterocycles. The van der Waals surface area contributed by atoms with Gasteiger partial charge < -0.3 is 9.88 Å². The highest BCUT2D eigenvalue weighted by Crippen LogP contribution is 2.36. The van der Waals surface area contributed by atoms with Crippen LogP contribution in [-0.2, 0) is 6.54 Å². The lowest BCUT2D eigenvalue weighted by molar-refractivity contribution is 0.229. The lowest BCUT2D eigenvalue weighted by atomic mass is 9.75. The molecule has 0 spiro atoms. The molecule has 1 N–H and O–H groups in total. The lowest BCUT2D eigenvalue weighted by Crippen LogP contribution is -2.32. The van der Waals surface area contributed by atoms with Crippen LogP contribution in [0.2, 0.25) is 0 Å². The maximum absolute atomic E-state index is 11.5. The Balaban J connectivity index is 2.07. The first-order valence-corrected chi connectivity index (χ1v) is 6.97. The smallest absolute Gasteiger partial charge is 0.250 e. The minimum atomic E-state index is 0.0759. The van der Waals surface area contributed by atoms with Gasteiger partial charge in [0.15, 0.2) is 0 Å². The summed E-state index contributed by atoms with van der Waals surface area (Å²) in [6, 6.07) is 4.09. The molecule has 3 heteroatoms. The maximum Gasteiger partial charge on any atom is 0.250 e. The van der Waals surface area contributed by atoms with E-state index in [0.717, 1.165) is 12.2 Å². The summed E-state index contributed by atoms with van der Waals surface area (Å²) in [6.07, 6.45) is 6.98. The third-order valence-electron chi connectivity index (χ3n) is 3.90. The fourth-order valence-electron chi connectivity index (χ4n) is 2.92. The molecule has 0 radical (unpaired) electrons. The highest BCUT2D eigenvalue weighted by molar-refractivity contribution is 5.41. The van der Waals surface area contributed by atoms with Crippen molar-refractivity contribution in [2.75, 3.05) is 5.32 Å². The van der Waals surface area contributed by atoms with Crippen LogP contribution in [0.3, 0.4) is 0 Å². The summed E-state index contributed by atoms with van der Waals surface area (Å²) in [5.74, 6) is 0. The summed E-state index contributed by atoms with van der Waals surface area (Å²) in [6.45, 7) is 7.40. The second-order valence-electron chi connectivity index (χ2n) is 6.14. The quantitative estimate of drug-likeness (QED) is 0.891. The van der Waals surface area contributed by atoms with Crippen LogP contribution in [0.1, 0.15) is 46.5 Å². The summed E-state index contributed by atoms with van der Waals surface area (Å²) < 4.78 is 1.75. The van der Waals surface area contributed by atoms with Gasteiger partial charge in [-0.1, -0.05) is 20.3 Å². The molecule has 0 amide bonds. The Labute approximate surface area is 109 Å². The molecular formula is C15H24N2O. The molecule has 1 aliphatic rings. The topological polar surface area (TPSA) is 34.0 Å². The molecule has 3 nitrogen and oxygen atoms in total. The van der Waals surface area contributed by atoms with E-state index in [1.54, 1.807) is 10.6 Å². The van der Waals surface area contributed by atoms with Crippen molar-refractivity contribution >= 4 is 5.69 Å². The number of hydrogen-bond acceptors (Lipinski definition) is 2. The molecule has 1 atom stereocenters. The summed E-state index contributed by atoms with van der Waals surface area (Å²) in [7, 11) is 0. The van der Waals surface area contributed by atoms with Crippen molar-refractivity contribution in [3.63, 3.8) is 0 Å². The van der Waals surface area contributed by atoms with Crippen LogP contribution in [0.4, 0.5) is 5.69 Å². The first-order chi connectivity index (χ1) is 8.50. The Morgan fingerprint density at radius 2 is 2.22 bits per heavy atom. The molecule has 1 aliphatic carbocycles. The molecule has 100 valence electrons. The van der Waals surface area contributed by atoms with Gasteiger partial charge in [0.1, 0.15) is 0 Å². The van der Waals surface area contributed by atoms with Crippen molar-refractivity contribution in [3.8, 4) is 0 Å². The minimum Gasteiger partial charge on any atom is -0.381 e. The molecule has 0 bridgehead atoms. The zero-order chi connectivity index (χ0) is 13.2. The van der Waals surface area contributed by atoms with E-state index in [4.69, 9.17) is 0 Å². The lowest BCUT2D eigenvalue weighted by Gasteiger charge is -2.36. The van der Waals surface area contributed by atoms with E-state index in [1.165, 1.54) is 25.7 Å². The highest BCUT2D eigenvalue weighted by atomic mass is 16.1. The molecule has 1 aromatic heterocycles. The van der Waals surface area contributed by atoms with E-state index in [-0.39, 0.29) is 5.56 Å². The third kappa shape index (κ3) is 3.15. The van der Waals surface area contributed by atoms with E-state index >= 15 is 0 Å². The Hall–Kier alpha value is -1.25. The molecule has 2 rings (SSSR count). The van der Waals surface area contributed by atoms with Gasteiger partial charge in [0, 0.05) is 24.8 Å². The van der Waals surface area contributed by atoms with Crippen molar-refractivity contribution in [3.05, 3.63) is 28.7 Å². The third-order valence-corrected chi connectivity index (χ3v) is 3.90. The number of pyridine rings is 1. The molecule has 1 fully saturated rings. The van der Waals surface area contributed by atoms with E-state index < -0.39 is 0 Å². The minimum absolute atomic E-state index is 0.0759. The second kappa shape index (κ2) is 5.17. The molecular weight excluding hydrogens is 224 g/mol. The summed E-state index contributed by atoms with van der Waals surface area (Å²) in [5, 5.41) is 3.58. The first-order valence-electron chi connectivity index (χ1n) is 6.97. The number of rotatable bonds is 3. The number of aromatic nitrogens is 1. The number of aryl methyl sites for hydroxylation is 1. The molecule has 18 heavy (non-hydrogen) atoms. The summed E-state index contributed by atoms with van der Waals surface area (Å²) >= 11 is 0. The fraction of sp³-hybridized carbons (Fsp3) is 0.667. The van der Waals surface area contributed by atoms with Gasteiger partial charge >= 0.3 is 0 Å². The van der Waals surface area contributed by atoms with Gasteiger partial charge in [-0.2, -0.15) is 0 Å². The highest BCUT2D eigenvalue weighted by Gasteiger charge is 2.27. The van der Waals surface area contributed by atoms with Gasteiger partial charge in [0.25, 0.3) is 5.56 Å². The maximum atomic E-state index is 11.5. The summed E-state index contributed by atoms with van der Waals surface area (Å²) in [4.78, 5) is 11.5. The van der Waals surface area contributed by atoms with Crippen molar-refractivity contribution in [2.45, 2.75) is 59.0 Å². The average molecular weight is 248 g/mol.